The normalized spacial score (nSPS) is 14.6. The van der Waals surface area contributed by atoms with E-state index >= 15 is 0 Å². The first-order chi connectivity index (χ1) is 16.9. The van der Waals surface area contributed by atoms with Crippen LogP contribution in [0.15, 0.2) is 16.6 Å². The summed E-state index contributed by atoms with van der Waals surface area (Å²) in [5, 5.41) is 18.1. The van der Waals surface area contributed by atoms with Crippen molar-refractivity contribution in [2.24, 2.45) is 22.6 Å². The first-order valence-electron chi connectivity index (χ1n) is 11.6. The quantitative estimate of drug-likeness (QED) is 0.0502. The summed E-state index contributed by atoms with van der Waals surface area (Å²) in [4.78, 5) is 45.5. The molecule has 13 nitrogen and oxygen atoms in total. The third-order valence-corrected chi connectivity index (χ3v) is 6.35. The van der Waals surface area contributed by atoms with Crippen LogP contribution in [0, 0.1) is 11.8 Å². The number of hydroxylamine groups is 2. The number of anilines is 1. The Morgan fingerprint density at radius 2 is 2.00 bits per heavy atom. The van der Waals surface area contributed by atoms with Crippen LogP contribution in [-0.4, -0.2) is 72.7 Å². The minimum Gasteiger partial charge on any atom is -0.369 e. The number of thiazole rings is 1. The number of sulfonamides is 1. The van der Waals surface area contributed by atoms with E-state index in [0.29, 0.717) is 35.9 Å². The molecule has 6 N–H and O–H groups in total. The molecule has 0 aliphatic rings. The smallest absolute Gasteiger partial charge is 0.248 e. The van der Waals surface area contributed by atoms with E-state index in [1.807, 2.05) is 20.8 Å². The van der Waals surface area contributed by atoms with E-state index in [1.54, 1.807) is 5.38 Å². The summed E-state index contributed by atoms with van der Waals surface area (Å²) in [6.07, 6.45) is 4.65. The maximum absolute atomic E-state index is 13.3. The Kier molecular flexibility index (Phi) is 13.3. The van der Waals surface area contributed by atoms with Gasteiger partial charge in [-0.05, 0) is 31.6 Å². The van der Waals surface area contributed by atoms with Gasteiger partial charge in [-0.15, -0.1) is 11.3 Å². The van der Waals surface area contributed by atoms with Gasteiger partial charge in [-0.1, -0.05) is 27.2 Å². The van der Waals surface area contributed by atoms with Crippen molar-refractivity contribution in [3.05, 3.63) is 11.6 Å². The van der Waals surface area contributed by atoms with E-state index in [-0.39, 0.29) is 31.3 Å². The summed E-state index contributed by atoms with van der Waals surface area (Å²) in [5.41, 5.74) is 5.54. The molecule has 0 radical (unpaired) electrons. The van der Waals surface area contributed by atoms with Gasteiger partial charge in [0, 0.05) is 18.1 Å². The zero-order valence-electron chi connectivity index (χ0n) is 21.0. The van der Waals surface area contributed by atoms with Crippen molar-refractivity contribution in [3.63, 3.8) is 0 Å². The molecule has 0 saturated heterocycles. The van der Waals surface area contributed by atoms with Gasteiger partial charge in [0.25, 0.3) is 0 Å². The lowest BCUT2D eigenvalue weighted by Crippen LogP contribution is -2.51. The third kappa shape index (κ3) is 11.8. The number of nitrogens with zero attached hydrogens (tertiary/aromatic N) is 3. The number of guanidine groups is 1. The average Bonchev–Trinajstić information content (AvgIpc) is 3.29. The molecular weight excluding hydrogens is 510 g/mol. The maximum Gasteiger partial charge on any atom is 0.248 e. The Bertz CT molecular complexity index is 969. The van der Waals surface area contributed by atoms with Crippen LogP contribution in [0.3, 0.4) is 0 Å². The summed E-state index contributed by atoms with van der Waals surface area (Å²) in [5.74, 6) is -1.90. The molecule has 0 fully saturated rings. The Balaban J connectivity index is 3.04. The van der Waals surface area contributed by atoms with Crippen molar-refractivity contribution >= 4 is 50.7 Å². The van der Waals surface area contributed by atoms with Crippen LogP contribution in [0.2, 0.25) is 0 Å². The van der Waals surface area contributed by atoms with Crippen molar-refractivity contribution in [1.82, 2.24) is 20.1 Å². The highest BCUT2D eigenvalue weighted by Gasteiger charge is 2.34. The zero-order chi connectivity index (χ0) is 27.3. The van der Waals surface area contributed by atoms with Gasteiger partial charge in [0.1, 0.15) is 6.04 Å². The fourth-order valence-electron chi connectivity index (χ4n) is 3.58. The molecule has 15 heteroatoms. The molecule has 1 rings (SSSR count). The highest BCUT2D eigenvalue weighted by Crippen LogP contribution is 2.23. The van der Waals surface area contributed by atoms with Crippen LogP contribution < -0.4 is 21.1 Å². The summed E-state index contributed by atoms with van der Waals surface area (Å²) < 4.78 is 24.5. The molecule has 1 aromatic heterocycles. The molecule has 0 saturated carbocycles. The molecule has 1 heterocycles. The molecule has 0 spiro atoms. The zero-order valence-corrected chi connectivity index (χ0v) is 22.6. The summed E-state index contributed by atoms with van der Waals surface area (Å²) in [6, 6.07) is -1.72. The van der Waals surface area contributed by atoms with Gasteiger partial charge in [-0.25, -0.2) is 18.5 Å². The van der Waals surface area contributed by atoms with Crippen molar-refractivity contribution in [2.75, 3.05) is 18.1 Å². The van der Waals surface area contributed by atoms with Gasteiger partial charge in [-0.2, -0.15) is 0 Å². The topological polar surface area (TPSA) is 196 Å². The number of nitrogens with one attached hydrogen (secondary N) is 3. The Labute approximate surface area is 215 Å². The standard InChI is InChI=1S/C21H37N7O6S2/c1-5-7-17(28(32)13-29)15(12-14(2)3)18(30)25-16(19(31)26-21-24-10-11-35-21)8-6-9-23-20(22)27-36(4,33)34/h10-11,13-17,32H,5-9,12H2,1-4H3,(H,25,30)(H3,22,23,27)(H,24,26,31)/t15-,16-,17-/m0/s1. The van der Waals surface area contributed by atoms with Crippen molar-refractivity contribution in [1.29, 1.82) is 0 Å². The maximum atomic E-state index is 13.3. The van der Waals surface area contributed by atoms with Gasteiger partial charge in [0.2, 0.25) is 34.2 Å². The predicted molar refractivity (Wildman–Crippen MR) is 138 cm³/mol. The largest absolute Gasteiger partial charge is 0.369 e. The van der Waals surface area contributed by atoms with Crippen LogP contribution in [0.1, 0.15) is 52.9 Å². The number of aromatic nitrogens is 1. The second-order valence-electron chi connectivity index (χ2n) is 8.75. The highest BCUT2D eigenvalue weighted by atomic mass is 32.2. The van der Waals surface area contributed by atoms with Gasteiger partial charge in [0.15, 0.2) is 5.13 Å². The van der Waals surface area contributed by atoms with Gasteiger partial charge < -0.3 is 16.4 Å². The number of rotatable bonds is 16. The second-order valence-corrected chi connectivity index (χ2v) is 11.4. The number of hydrogen-bond donors (Lipinski definition) is 5. The SMILES string of the molecule is CCC[C@@H]([C@H](CC(C)C)C(=O)N[C@@H](CCCN=C(N)NS(C)(=O)=O)C(=O)Nc1nccs1)N(O)C=O. The lowest BCUT2D eigenvalue weighted by Gasteiger charge is -2.32. The van der Waals surface area contributed by atoms with Crippen LogP contribution in [0.25, 0.3) is 0 Å². The van der Waals surface area contributed by atoms with E-state index in [9.17, 15) is 28.0 Å². The van der Waals surface area contributed by atoms with E-state index in [4.69, 9.17) is 5.73 Å². The van der Waals surface area contributed by atoms with E-state index in [0.717, 1.165) is 6.26 Å². The molecular formula is C21H37N7O6S2. The third-order valence-electron chi connectivity index (χ3n) is 5.08. The number of hydrogen-bond acceptors (Lipinski definition) is 9. The minimum atomic E-state index is -3.56. The Morgan fingerprint density at radius 1 is 1.31 bits per heavy atom. The van der Waals surface area contributed by atoms with Gasteiger partial charge in [0.05, 0.1) is 18.2 Å². The number of nitrogens with two attached hydrogens (primary N) is 1. The van der Waals surface area contributed by atoms with Crippen molar-refractivity contribution in [2.45, 2.75) is 65.0 Å². The fourth-order valence-corrected chi connectivity index (χ4v) is 4.56. The molecule has 0 aliphatic carbocycles. The Hall–Kier alpha value is -2.78. The number of amides is 3. The highest BCUT2D eigenvalue weighted by molar-refractivity contribution is 7.89. The molecule has 36 heavy (non-hydrogen) atoms. The summed E-state index contributed by atoms with van der Waals surface area (Å²) in [6.45, 7) is 5.83. The monoisotopic (exact) mass is 547 g/mol. The molecule has 204 valence electrons. The molecule has 3 amide bonds. The molecule has 1 aromatic rings. The minimum absolute atomic E-state index is 0.0856. The second kappa shape index (κ2) is 15.4. The van der Waals surface area contributed by atoms with Gasteiger partial charge >= 0.3 is 0 Å². The van der Waals surface area contributed by atoms with Gasteiger partial charge in [-0.3, -0.25) is 29.3 Å². The first-order valence-corrected chi connectivity index (χ1v) is 14.4. The van der Waals surface area contributed by atoms with Crippen molar-refractivity contribution < 1.29 is 28.0 Å². The van der Waals surface area contributed by atoms with Crippen LogP contribution >= 0.6 is 11.3 Å². The van der Waals surface area contributed by atoms with Crippen molar-refractivity contribution in [3.8, 4) is 0 Å². The average molecular weight is 548 g/mol. The number of aliphatic imine (C=N–C) groups is 1. The van der Waals surface area contributed by atoms with Crippen LogP contribution in [0.5, 0.6) is 0 Å². The summed E-state index contributed by atoms with van der Waals surface area (Å²) in [7, 11) is -3.56. The molecule has 0 unspecified atom stereocenters. The lowest BCUT2D eigenvalue weighted by atomic mass is 9.86. The predicted octanol–water partition coefficient (Wildman–Crippen LogP) is 0.889. The van der Waals surface area contributed by atoms with Crippen LogP contribution in [-0.2, 0) is 24.4 Å². The summed E-state index contributed by atoms with van der Waals surface area (Å²) >= 11 is 1.22. The molecule has 3 atom stereocenters. The first kappa shape index (κ1) is 31.3. The molecule has 0 bridgehead atoms. The number of carbonyl (C=O) groups is 3. The van der Waals surface area contributed by atoms with E-state index in [1.165, 1.54) is 17.5 Å². The lowest BCUT2D eigenvalue weighted by molar-refractivity contribution is -0.169. The van der Waals surface area contributed by atoms with E-state index < -0.39 is 39.8 Å². The van der Waals surface area contributed by atoms with E-state index in [2.05, 4.69) is 25.3 Å². The van der Waals surface area contributed by atoms with Crippen LogP contribution in [0.4, 0.5) is 5.13 Å². The molecule has 0 aromatic carbocycles. The fraction of sp³-hybridized carbons (Fsp3) is 0.667. The molecule has 0 aliphatic heterocycles. The Morgan fingerprint density at radius 3 is 2.53 bits per heavy atom. The number of carbonyl (C=O) groups excluding carboxylic acids is 3.